The summed E-state index contributed by atoms with van der Waals surface area (Å²) < 4.78 is 0. The first kappa shape index (κ1) is 13.8. The second kappa shape index (κ2) is 6.02. The van der Waals surface area contributed by atoms with Gasteiger partial charge in [-0.15, -0.1) is 11.3 Å². The van der Waals surface area contributed by atoms with Crippen LogP contribution in [0.2, 0.25) is 0 Å². The van der Waals surface area contributed by atoms with E-state index >= 15 is 0 Å². The maximum Gasteiger partial charge on any atom is 0.328 e. The van der Waals surface area contributed by atoms with Crippen molar-refractivity contribution in [1.82, 2.24) is 4.90 Å². The lowest BCUT2D eigenvalue weighted by Crippen LogP contribution is -2.34. The number of carboxylic acids is 1. The second-order valence-electron chi connectivity index (χ2n) is 4.61. The maximum atomic E-state index is 12.4. The molecule has 1 aliphatic heterocycles. The minimum absolute atomic E-state index is 0.0653. The Morgan fingerprint density at radius 3 is 3.05 bits per heavy atom. The molecular formula is C14H17NO3S. The van der Waals surface area contributed by atoms with Crippen LogP contribution < -0.4 is 0 Å². The number of rotatable bonds is 4. The zero-order valence-corrected chi connectivity index (χ0v) is 11.7. The van der Waals surface area contributed by atoms with Gasteiger partial charge in [-0.1, -0.05) is 6.92 Å². The van der Waals surface area contributed by atoms with Gasteiger partial charge in [-0.25, -0.2) is 4.79 Å². The minimum atomic E-state index is -0.980. The summed E-state index contributed by atoms with van der Waals surface area (Å²) in [6, 6.07) is 2.11. The molecule has 2 heterocycles. The standard InChI is InChI=1S/C14H17NO3S/c1-2-11-4-3-7-15(11)14(18)10-8-12(19-9-10)5-6-13(16)17/h5-6,8-9,11H,2-4,7H2,1H3,(H,16,17). The van der Waals surface area contributed by atoms with Gasteiger partial charge in [-0.2, -0.15) is 0 Å². The van der Waals surface area contributed by atoms with Crippen molar-refractivity contribution in [2.45, 2.75) is 32.2 Å². The summed E-state index contributed by atoms with van der Waals surface area (Å²) in [5, 5.41) is 10.4. The van der Waals surface area contributed by atoms with Gasteiger partial charge in [0.25, 0.3) is 5.91 Å². The molecule has 1 aromatic rings. The molecule has 0 spiro atoms. The van der Waals surface area contributed by atoms with Gasteiger partial charge < -0.3 is 10.0 Å². The molecule has 1 amide bonds. The van der Waals surface area contributed by atoms with Crippen molar-refractivity contribution >= 4 is 29.3 Å². The molecule has 0 radical (unpaired) electrons. The Balaban J connectivity index is 2.09. The molecule has 1 saturated heterocycles. The molecule has 0 aromatic carbocycles. The van der Waals surface area contributed by atoms with Gasteiger partial charge >= 0.3 is 5.97 Å². The first-order valence-corrected chi connectivity index (χ1v) is 7.30. The van der Waals surface area contributed by atoms with Crippen LogP contribution in [0, 0.1) is 0 Å². The van der Waals surface area contributed by atoms with E-state index in [0.29, 0.717) is 11.6 Å². The largest absolute Gasteiger partial charge is 0.478 e. The smallest absolute Gasteiger partial charge is 0.328 e. The Hall–Kier alpha value is -1.62. The van der Waals surface area contributed by atoms with Crippen molar-refractivity contribution in [2.75, 3.05) is 6.54 Å². The number of hydrogen-bond donors (Lipinski definition) is 1. The predicted molar refractivity (Wildman–Crippen MR) is 75.3 cm³/mol. The lowest BCUT2D eigenvalue weighted by atomic mass is 10.1. The van der Waals surface area contributed by atoms with Crippen LogP contribution >= 0.6 is 11.3 Å². The van der Waals surface area contributed by atoms with E-state index in [0.717, 1.165) is 36.8 Å². The molecule has 0 aliphatic carbocycles. The fourth-order valence-corrected chi connectivity index (χ4v) is 3.17. The third kappa shape index (κ3) is 3.23. The zero-order chi connectivity index (χ0) is 13.8. The number of nitrogens with zero attached hydrogens (tertiary/aromatic N) is 1. The highest BCUT2D eigenvalue weighted by Crippen LogP contribution is 2.24. The van der Waals surface area contributed by atoms with Crippen molar-refractivity contribution < 1.29 is 14.7 Å². The van der Waals surface area contributed by atoms with E-state index in [4.69, 9.17) is 5.11 Å². The number of carboxylic acid groups (broad SMARTS) is 1. The van der Waals surface area contributed by atoms with Crippen molar-refractivity contribution in [3.05, 3.63) is 28.0 Å². The maximum absolute atomic E-state index is 12.4. The van der Waals surface area contributed by atoms with Gasteiger partial charge in [-0.3, -0.25) is 4.79 Å². The van der Waals surface area contributed by atoms with Crippen LogP contribution in [0.15, 0.2) is 17.5 Å². The Morgan fingerprint density at radius 2 is 2.37 bits per heavy atom. The molecule has 4 nitrogen and oxygen atoms in total. The SMILES string of the molecule is CCC1CCCN1C(=O)c1csc(C=CC(=O)O)c1. The Morgan fingerprint density at radius 1 is 1.58 bits per heavy atom. The third-order valence-electron chi connectivity index (χ3n) is 3.37. The van der Waals surface area contributed by atoms with Crippen LogP contribution in [0.3, 0.4) is 0 Å². The summed E-state index contributed by atoms with van der Waals surface area (Å²) in [5.41, 5.74) is 0.662. The lowest BCUT2D eigenvalue weighted by Gasteiger charge is -2.23. The molecule has 1 N–H and O–H groups in total. The van der Waals surface area contributed by atoms with Crippen LogP contribution in [-0.2, 0) is 4.79 Å². The highest BCUT2D eigenvalue weighted by atomic mass is 32.1. The summed E-state index contributed by atoms with van der Waals surface area (Å²) in [7, 11) is 0. The number of thiophene rings is 1. The fraction of sp³-hybridized carbons (Fsp3) is 0.429. The minimum Gasteiger partial charge on any atom is -0.478 e. The van der Waals surface area contributed by atoms with E-state index < -0.39 is 5.97 Å². The molecule has 1 fully saturated rings. The first-order chi connectivity index (χ1) is 9.11. The fourth-order valence-electron chi connectivity index (χ4n) is 2.40. The number of likely N-dealkylation sites (tertiary alicyclic amines) is 1. The zero-order valence-electron chi connectivity index (χ0n) is 10.8. The summed E-state index contributed by atoms with van der Waals surface area (Å²) in [6.07, 6.45) is 5.75. The molecule has 5 heteroatoms. The highest BCUT2D eigenvalue weighted by molar-refractivity contribution is 7.11. The first-order valence-electron chi connectivity index (χ1n) is 6.42. The van der Waals surface area contributed by atoms with Crippen LogP contribution in [0.5, 0.6) is 0 Å². The van der Waals surface area contributed by atoms with Crippen molar-refractivity contribution in [3.8, 4) is 0 Å². The number of amides is 1. The van der Waals surface area contributed by atoms with Crippen molar-refractivity contribution in [3.63, 3.8) is 0 Å². The predicted octanol–water partition coefficient (Wildman–Crippen LogP) is 2.86. The van der Waals surface area contributed by atoms with E-state index in [-0.39, 0.29) is 5.91 Å². The van der Waals surface area contributed by atoms with Crippen molar-refractivity contribution in [2.24, 2.45) is 0 Å². The van der Waals surface area contributed by atoms with E-state index in [1.54, 1.807) is 11.4 Å². The average Bonchev–Trinajstić information content (AvgIpc) is 3.04. The van der Waals surface area contributed by atoms with Gasteiger partial charge in [0.1, 0.15) is 0 Å². The van der Waals surface area contributed by atoms with E-state index in [9.17, 15) is 9.59 Å². The van der Waals surface area contributed by atoms with Gasteiger partial charge in [0.2, 0.25) is 0 Å². The molecule has 1 aliphatic rings. The number of carbonyl (C=O) groups is 2. The average molecular weight is 279 g/mol. The molecule has 0 bridgehead atoms. The monoisotopic (exact) mass is 279 g/mol. The van der Waals surface area contributed by atoms with Gasteiger partial charge in [0.15, 0.2) is 0 Å². The molecule has 19 heavy (non-hydrogen) atoms. The topological polar surface area (TPSA) is 57.6 Å². The summed E-state index contributed by atoms with van der Waals surface area (Å²) in [4.78, 5) is 25.5. The lowest BCUT2D eigenvalue weighted by molar-refractivity contribution is -0.131. The summed E-state index contributed by atoms with van der Waals surface area (Å²) in [6.45, 7) is 2.93. The second-order valence-corrected chi connectivity index (χ2v) is 5.55. The Kier molecular flexibility index (Phi) is 4.37. The Bertz CT molecular complexity index is 507. The number of aliphatic carboxylic acids is 1. The third-order valence-corrected chi connectivity index (χ3v) is 4.26. The van der Waals surface area contributed by atoms with E-state index in [2.05, 4.69) is 6.92 Å². The van der Waals surface area contributed by atoms with Crippen LogP contribution in [0.1, 0.15) is 41.4 Å². The van der Waals surface area contributed by atoms with Crippen LogP contribution in [-0.4, -0.2) is 34.5 Å². The number of hydrogen-bond acceptors (Lipinski definition) is 3. The van der Waals surface area contributed by atoms with E-state index in [1.807, 2.05) is 4.90 Å². The molecule has 0 saturated carbocycles. The van der Waals surface area contributed by atoms with Crippen LogP contribution in [0.4, 0.5) is 0 Å². The summed E-state index contributed by atoms with van der Waals surface area (Å²) in [5.74, 6) is -0.914. The van der Waals surface area contributed by atoms with Gasteiger partial charge in [-0.05, 0) is 31.4 Å². The van der Waals surface area contributed by atoms with E-state index in [1.165, 1.54) is 17.4 Å². The molecule has 1 atom stereocenters. The Labute approximate surface area is 116 Å². The molecular weight excluding hydrogens is 262 g/mol. The molecule has 1 aromatic heterocycles. The molecule has 1 unspecified atom stereocenters. The van der Waals surface area contributed by atoms with Gasteiger partial charge in [0.05, 0.1) is 5.56 Å². The highest BCUT2D eigenvalue weighted by Gasteiger charge is 2.28. The molecule has 2 rings (SSSR count). The normalized spacial score (nSPS) is 19.2. The quantitative estimate of drug-likeness (QED) is 0.862. The van der Waals surface area contributed by atoms with Crippen molar-refractivity contribution in [1.29, 1.82) is 0 Å². The number of carbonyl (C=O) groups excluding carboxylic acids is 1. The molecule has 102 valence electrons. The van der Waals surface area contributed by atoms with Gasteiger partial charge in [0, 0.05) is 28.9 Å². The summed E-state index contributed by atoms with van der Waals surface area (Å²) >= 11 is 1.39. The van der Waals surface area contributed by atoms with Crippen LogP contribution in [0.25, 0.3) is 6.08 Å².